The van der Waals surface area contributed by atoms with Crippen LogP contribution in [0.4, 0.5) is 5.69 Å². The number of nitrogens with one attached hydrogen (secondary N) is 1. The van der Waals surface area contributed by atoms with Crippen LogP contribution in [0.2, 0.25) is 5.02 Å². The molecule has 1 heterocycles. The summed E-state index contributed by atoms with van der Waals surface area (Å²) in [6, 6.07) is 13.2. The van der Waals surface area contributed by atoms with Crippen LogP contribution in [0.3, 0.4) is 0 Å². The van der Waals surface area contributed by atoms with Crippen molar-refractivity contribution in [1.82, 2.24) is 0 Å². The number of ether oxygens (including phenoxy) is 1. The van der Waals surface area contributed by atoms with Crippen LogP contribution in [0.25, 0.3) is 0 Å². The van der Waals surface area contributed by atoms with Crippen molar-refractivity contribution in [2.45, 2.75) is 103 Å². The fourth-order valence-electron chi connectivity index (χ4n) is 4.70. The summed E-state index contributed by atoms with van der Waals surface area (Å²) < 4.78 is 8.02. The Morgan fingerprint density at radius 2 is 1.46 bits per heavy atom. The number of hydrogen-bond donors (Lipinski definition) is 1. The lowest BCUT2D eigenvalue weighted by atomic mass is 10.0. The minimum Gasteiger partial charge on any atom is -0.492 e. The topological polar surface area (TPSA) is 42.2 Å². The van der Waals surface area contributed by atoms with Crippen LogP contribution in [0.15, 0.2) is 59.6 Å². The molecule has 0 aliphatic carbocycles. The van der Waals surface area contributed by atoms with Crippen LogP contribution in [0, 0.1) is 0 Å². The van der Waals surface area contributed by atoms with Crippen LogP contribution in [-0.2, 0) is 6.54 Å². The number of anilines is 1. The Balaban J connectivity index is 1.25. The van der Waals surface area contributed by atoms with Crippen LogP contribution in [-0.4, -0.2) is 12.5 Å². The SMILES string of the molecule is CCCCCCCCCCCCCCCCOc1ccc(C(=O)Nc2ccc(C[n+]3ccsc3)cc2)cc1Cl. The molecule has 0 unspecified atom stereocenters. The molecular formula is C33H46ClN2O2S+. The first-order valence-corrected chi connectivity index (χ1v) is 16.2. The van der Waals surface area contributed by atoms with Crippen LogP contribution >= 0.6 is 22.9 Å². The van der Waals surface area contributed by atoms with E-state index in [9.17, 15) is 4.79 Å². The van der Waals surface area contributed by atoms with Crippen molar-refractivity contribution in [2.75, 3.05) is 11.9 Å². The molecule has 0 fully saturated rings. The van der Waals surface area contributed by atoms with E-state index in [1.807, 2.05) is 24.3 Å². The molecule has 1 amide bonds. The predicted molar refractivity (Wildman–Crippen MR) is 165 cm³/mol. The van der Waals surface area contributed by atoms with Gasteiger partial charge in [0.2, 0.25) is 5.51 Å². The quantitative estimate of drug-likeness (QED) is 0.109. The second kappa shape index (κ2) is 18.8. The third-order valence-electron chi connectivity index (χ3n) is 7.05. The summed E-state index contributed by atoms with van der Waals surface area (Å²) in [5.74, 6) is 0.452. The van der Waals surface area contributed by atoms with Crippen molar-refractivity contribution in [3.8, 4) is 5.75 Å². The first kappa shape index (κ1) is 31.2. The van der Waals surface area contributed by atoms with E-state index in [1.54, 1.807) is 29.5 Å². The zero-order chi connectivity index (χ0) is 27.5. The molecule has 4 nitrogen and oxygen atoms in total. The molecule has 212 valence electrons. The highest BCUT2D eigenvalue weighted by Gasteiger charge is 2.11. The number of hydrogen-bond acceptors (Lipinski definition) is 3. The van der Waals surface area contributed by atoms with Crippen molar-refractivity contribution in [2.24, 2.45) is 0 Å². The fourth-order valence-corrected chi connectivity index (χ4v) is 5.53. The third-order valence-corrected chi connectivity index (χ3v) is 8.02. The predicted octanol–water partition coefficient (Wildman–Crippen LogP) is 9.85. The number of aromatic nitrogens is 1. The van der Waals surface area contributed by atoms with Gasteiger partial charge in [0, 0.05) is 16.8 Å². The van der Waals surface area contributed by atoms with Gasteiger partial charge in [0.25, 0.3) is 5.91 Å². The highest BCUT2D eigenvalue weighted by atomic mass is 35.5. The maximum atomic E-state index is 12.7. The minimum absolute atomic E-state index is 0.185. The molecule has 0 saturated heterocycles. The zero-order valence-corrected chi connectivity index (χ0v) is 25.2. The van der Waals surface area contributed by atoms with Crippen molar-refractivity contribution >= 4 is 34.5 Å². The summed E-state index contributed by atoms with van der Waals surface area (Å²) in [4.78, 5) is 12.7. The number of unbranched alkanes of at least 4 members (excludes halogenated alkanes) is 13. The van der Waals surface area contributed by atoms with Gasteiger partial charge < -0.3 is 10.1 Å². The molecule has 0 radical (unpaired) electrons. The Bertz CT molecular complexity index is 1070. The Morgan fingerprint density at radius 1 is 0.846 bits per heavy atom. The van der Waals surface area contributed by atoms with E-state index >= 15 is 0 Å². The van der Waals surface area contributed by atoms with Gasteiger partial charge >= 0.3 is 0 Å². The lowest BCUT2D eigenvalue weighted by molar-refractivity contribution is -0.683. The molecule has 0 bridgehead atoms. The number of carbonyl (C=O) groups is 1. The second-order valence-electron chi connectivity index (χ2n) is 10.4. The van der Waals surface area contributed by atoms with Crippen LogP contribution < -0.4 is 14.6 Å². The molecule has 0 aliphatic rings. The molecule has 39 heavy (non-hydrogen) atoms. The van der Waals surface area contributed by atoms with Gasteiger partial charge in [-0.25, -0.2) is 0 Å². The first-order valence-electron chi connectivity index (χ1n) is 14.9. The molecule has 0 aliphatic heterocycles. The molecule has 6 heteroatoms. The van der Waals surface area contributed by atoms with Crippen molar-refractivity contribution in [3.05, 3.63) is 75.7 Å². The van der Waals surface area contributed by atoms with Gasteiger partial charge in [-0.15, -0.1) is 0 Å². The number of amides is 1. The summed E-state index contributed by atoms with van der Waals surface area (Å²) >= 11 is 8.09. The van der Waals surface area contributed by atoms with E-state index in [0.717, 1.165) is 18.7 Å². The summed E-state index contributed by atoms with van der Waals surface area (Å²) in [6.45, 7) is 3.74. The molecule has 1 N–H and O–H groups in total. The summed E-state index contributed by atoms with van der Waals surface area (Å²) in [6.07, 6.45) is 20.8. The van der Waals surface area contributed by atoms with Crippen molar-refractivity contribution < 1.29 is 14.1 Å². The zero-order valence-electron chi connectivity index (χ0n) is 23.6. The maximum absolute atomic E-state index is 12.7. The van der Waals surface area contributed by atoms with E-state index in [0.29, 0.717) is 22.9 Å². The number of thiazole rings is 1. The number of halogens is 1. The van der Waals surface area contributed by atoms with Crippen LogP contribution in [0.1, 0.15) is 113 Å². The van der Waals surface area contributed by atoms with E-state index < -0.39 is 0 Å². The molecular weight excluding hydrogens is 524 g/mol. The summed E-state index contributed by atoms with van der Waals surface area (Å²) in [7, 11) is 0. The molecule has 3 rings (SSSR count). The normalized spacial score (nSPS) is 11.0. The van der Waals surface area contributed by atoms with Gasteiger partial charge in [-0.2, -0.15) is 4.57 Å². The third kappa shape index (κ3) is 12.6. The largest absolute Gasteiger partial charge is 0.492 e. The lowest BCUT2D eigenvalue weighted by Gasteiger charge is -2.10. The second-order valence-corrected chi connectivity index (χ2v) is 11.6. The maximum Gasteiger partial charge on any atom is 0.255 e. The Labute approximate surface area is 244 Å². The fraction of sp³-hybridized carbons (Fsp3) is 0.515. The van der Waals surface area contributed by atoms with Gasteiger partial charge in [-0.05, 0) is 36.8 Å². The van der Waals surface area contributed by atoms with Gasteiger partial charge in [-0.3, -0.25) is 4.79 Å². The highest BCUT2D eigenvalue weighted by molar-refractivity contribution is 7.07. The highest BCUT2D eigenvalue weighted by Crippen LogP contribution is 2.26. The first-order chi connectivity index (χ1) is 19.2. The van der Waals surface area contributed by atoms with E-state index in [-0.39, 0.29) is 5.91 Å². The van der Waals surface area contributed by atoms with E-state index in [1.165, 1.54) is 89.0 Å². The number of carbonyl (C=O) groups excluding carboxylic acids is 1. The average Bonchev–Trinajstić information content (AvgIpc) is 3.45. The molecule has 0 saturated carbocycles. The molecule has 2 aromatic carbocycles. The van der Waals surface area contributed by atoms with Crippen molar-refractivity contribution in [1.29, 1.82) is 0 Å². The number of benzene rings is 2. The summed E-state index contributed by atoms with van der Waals surface area (Å²) in [5.41, 5.74) is 4.53. The monoisotopic (exact) mass is 569 g/mol. The average molecular weight is 570 g/mol. The standard InChI is InChI=1S/C33H45ClN2O2S/c1-2-3-4-5-6-7-8-9-10-11-12-13-14-15-23-38-32-21-18-29(25-31(32)34)33(37)35-30-19-16-28(17-20-30)26-36-22-24-39-27-36/h16-22,24-25,27H,2-15,23,26H2,1H3/p+1. The minimum atomic E-state index is -0.185. The van der Waals surface area contributed by atoms with Crippen molar-refractivity contribution in [3.63, 3.8) is 0 Å². The van der Waals surface area contributed by atoms with Crippen LogP contribution in [0.5, 0.6) is 5.75 Å². The molecule has 1 aromatic heterocycles. The summed E-state index contributed by atoms with van der Waals surface area (Å²) in [5, 5.41) is 5.47. The lowest BCUT2D eigenvalue weighted by Crippen LogP contribution is -2.30. The van der Waals surface area contributed by atoms with E-state index in [2.05, 4.69) is 33.9 Å². The van der Waals surface area contributed by atoms with Gasteiger partial charge in [-0.1, -0.05) is 125 Å². The smallest absolute Gasteiger partial charge is 0.255 e. The van der Waals surface area contributed by atoms with Gasteiger partial charge in [0.05, 0.1) is 17.0 Å². The Hall–Kier alpha value is -2.37. The Morgan fingerprint density at radius 3 is 2.03 bits per heavy atom. The van der Waals surface area contributed by atoms with Gasteiger partial charge in [0.15, 0.2) is 12.7 Å². The molecule has 0 atom stereocenters. The van der Waals surface area contributed by atoms with E-state index in [4.69, 9.17) is 16.3 Å². The molecule has 3 aromatic rings. The molecule has 0 spiro atoms. The number of nitrogens with zero attached hydrogens (tertiary/aromatic N) is 1. The number of rotatable bonds is 20. The van der Waals surface area contributed by atoms with Gasteiger partial charge in [0.1, 0.15) is 5.75 Å². The Kier molecular flexibility index (Phi) is 15.0.